The summed E-state index contributed by atoms with van der Waals surface area (Å²) in [4.78, 5) is 14.6. The van der Waals surface area contributed by atoms with Crippen LogP contribution in [0, 0.1) is 17.0 Å². The van der Waals surface area contributed by atoms with E-state index in [0.29, 0.717) is 21.8 Å². The molecule has 1 atom stereocenters. The Balaban J connectivity index is 1.92. The molecule has 1 aromatic heterocycles. The summed E-state index contributed by atoms with van der Waals surface area (Å²) in [6, 6.07) is 7.95. The Morgan fingerprint density at radius 3 is 2.77 bits per heavy atom. The Labute approximate surface area is 127 Å². The number of fused-ring (bicyclic) bond motifs is 1. The van der Waals surface area contributed by atoms with Crippen LogP contribution in [0.25, 0.3) is 0 Å². The van der Waals surface area contributed by atoms with Crippen LogP contribution in [0.2, 0.25) is 0 Å². The zero-order chi connectivity index (χ0) is 15.9. The highest BCUT2D eigenvalue weighted by atomic mass is 32.2. The highest BCUT2D eigenvalue weighted by Crippen LogP contribution is 2.35. The summed E-state index contributed by atoms with van der Waals surface area (Å²) >= 11 is 0. The van der Waals surface area contributed by atoms with Crippen LogP contribution in [0.3, 0.4) is 0 Å². The van der Waals surface area contributed by atoms with E-state index >= 15 is 0 Å². The van der Waals surface area contributed by atoms with E-state index in [1.807, 2.05) is 0 Å². The number of hydrogen-bond acceptors (Lipinski definition) is 6. The number of hydrogen-bond donors (Lipinski definition) is 1. The third-order valence-corrected chi connectivity index (χ3v) is 5.43. The summed E-state index contributed by atoms with van der Waals surface area (Å²) in [5.41, 5.74) is 1.10. The molecule has 2 aromatic rings. The van der Waals surface area contributed by atoms with Crippen molar-refractivity contribution in [2.24, 2.45) is 0 Å². The zero-order valence-corrected chi connectivity index (χ0v) is 12.5. The maximum absolute atomic E-state index is 12.1. The van der Waals surface area contributed by atoms with E-state index in [0.717, 1.165) is 0 Å². The second kappa shape index (κ2) is 5.06. The number of sulfone groups is 1. The van der Waals surface area contributed by atoms with Gasteiger partial charge in [-0.25, -0.2) is 13.4 Å². The Bertz CT molecular complexity index is 864. The minimum absolute atomic E-state index is 0.0515. The van der Waals surface area contributed by atoms with Crippen LogP contribution >= 0.6 is 0 Å². The summed E-state index contributed by atoms with van der Waals surface area (Å²) < 4.78 is 24.2. The van der Waals surface area contributed by atoms with Crippen molar-refractivity contribution >= 4 is 21.3 Å². The molecular formula is C14H13N3O4S. The van der Waals surface area contributed by atoms with Crippen molar-refractivity contribution in [3.8, 4) is 0 Å². The lowest BCUT2D eigenvalue weighted by atomic mass is 10.1. The lowest BCUT2D eigenvalue weighted by Gasteiger charge is -2.13. The minimum atomic E-state index is -3.31. The molecule has 0 aliphatic carbocycles. The van der Waals surface area contributed by atoms with Gasteiger partial charge in [0.25, 0.3) is 5.69 Å². The van der Waals surface area contributed by atoms with Gasteiger partial charge in [-0.3, -0.25) is 10.1 Å². The number of nitrogens with zero attached hydrogens (tertiary/aromatic N) is 2. The van der Waals surface area contributed by atoms with E-state index in [-0.39, 0.29) is 11.4 Å². The number of rotatable bonds is 3. The predicted octanol–water partition coefficient (Wildman–Crippen LogP) is 2.24. The molecule has 0 bridgehead atoms. The zero-order valence-electron chi connectivity index (χ0n) is 11.7. The lowest BCUT2D eigenvalue weighted by molar-refractivity contribution is -0.385. The Hall–Kier alpha value is -2.48. The van der Waals surface area contributed by atoms with Crippen LogP contribution in [0.4, 0.5) is 11.5 Å². The summed E-state index contributed by atoms with van der Waals surface area (Å²) in [5.74, 6) is 0.365. The second-order valence-corrected chi connectivity index (χ2v) is 7.13. The highest BCUT2D eigenvalue weighted by molar-refractivity contribution is 7.91. The average molecular weight is 319 g/mol. The number of pyridine rings is 1. The van der Waals surface area contributed by atoms with Crippen molar-refractivity contribution in [1.29, 1.82) is 0 Å². The van der Waals surface area contributed by atoms with Gasteiger partial charge in [-0.15, -0.1) is 0 Å². The van der Waals surface area contributed by atoms with Gasteiger partial charge in [0.15, 0.2) is 9.84 Å². The van der Waals surface area contributed by atoms with Crippen LogP contribution in [0.1, 0.15) is 17.2 Å². The summed E-state index contributed by atoms with van der Waals surface area (Å²) in [6.45, 7) is 1.62. The quantitative estimate of drug-likeness (QED) is 0.687. The molecule has 3 rings (SSSR count). The number of aryl methyl sites for hydroxylation is 1. The van der Waals surface area contributed by atoms with Gasteiger partial charge in [-0.05, 0) is 24.6 Å². The van der Waals surface area contributed by atoms with E-state index in [1.54, 1.807) is 37.3 Å². The molecule has 0 unspecified atom stereocenters. The molecule has 2 heterocycles. The first-order valence-corrected chi connectivity index (χ1v) is 8.23. The number of nitro groups is 1. The van der Waals surface area contributed by atoms with Crippen LogP contribution in [0.5, 0.6) is 0 Å². The molecule has 1 aliphatic rings. The molecule has 0 spiro atoms. The van der Waals surface area contributed by atoms with Gasteiger partial charge in [0.2, 0.25) is 0 Å². The van der Waals surface area contributed by atoms with Crippen LogP contribution in [-0.4, -0.2) is 24.1 Å². The van der Waals surface area contributed by atoms with Gasteiger partial charge in [0.1, 0.15) is 12.0 Å². The Kier molecular flexibility index (Phi) is 3.32. The van der Waals surface area contributed by atoms with Crippen LogP contribution in [0.15, 0.2) is 41.4 Å². The minimum Gasteiger partial charge on any atom is -0.362 e. The molecule has 0 fully saturated rings. The molecule has 1 aromatic carbocycles. The van der Waals surface area contributed by atoms with Crippen LogP contribution in [-0.2, 0) is 9.84 Å². The predicted molar refractivity (Wildman–Crippen MR) is 80.5 cm³/mol. The van der Waals surface area contributed by atoms with Gasteiger partial charge in [-0.1, -0.05) is 18.2 Å². The SMILES string of the molecule is Cc1cc(N[C@@H]2CS(=O)(=O)c3ccccc32)ncc1[N+](=O)[O-]. The fourth-order valence-corrected chi connectivity index (χ4v) is 4.30. The normalized spacial score (nSPS) is 18.7. The molecule has 7 nitrogen and oxygen atoms in total. The smallest absolute Gasteiger partial charge is 0.290 e. The third kappa shape index (κ3) is 2.41. The summed E-state index contributed by atoms with van der Waals surface area (Å²) in [7, 11) is -3.31. The van der Waals surface area contributed by atoms with Crippen molar-refractivity contribution < 1.29 is 13.3 Å². The van der Waals surface area contributed by atoms with Crippen molar-refractivity contribution in [3.63, 3.8) is 0 Å². The average Bonchev–Trinajstić information content (AvgIpc) is 2.70. The van der Waals surface area contributed by atoms with E-state index in [9.17, 15) is 18.5 Å². The number of benzene rings is 1. The third-order valence-electron chi connectivity index (χ3n) is 3.62. The number of anilines is 1. The molecule has 0 radical (unpaired) electrons. The van der Waals surface area contributed by atoms with Crippen molar-refractivity contribution in [2.45, 2.75) is 17.9 Å². The lowest BCUT2D eigenvalue weighted by Crippen LogP contribution is -2.14. The van der Waals surface area contributed by atoms with Crippen molar-refractivity contribution in [1.82, 2.24) is 4.98 Å². The molecular weight excluding hydrogens is 306 g/mol. The van der Waals surface area contributed by atoms with Gasteiger partial charge >= 0.3 is 0 Å². The van der Waals surface area contributed by atoms with Crippen molar-refractivity contribution in [2.75, 3.05) is 11.1 Å². The van der Waals surface area contributed by atoms with E-state index < -0.39 is 20.8 Å². The molecule has 1 aliphatic heterocycles. The van der Waals surface area contributed by atoms with Gasteiger partial charge in [-0.2, -0.15) is 0 Å². The first-order valence-electron chi connectivity index (χ1n) is 6.58. The fraction of sp³-hybridized carbons (Fsp3) is 0.214. The largest absolute Gasteiger partial charge is 0.362 e. The molecule has 0 saturated carbocycles. The van der Waals surface area contributed by atoms with Gasteiger partial charge < -0.3 is 5.32 Å². The molecule has 0 amide bonds. The Morgan fingerprint density at radius 2 is 2.09 bits per heavy atom. The molecule has 1 N–H and O–H groups in total. The van der Waals surface area contributed by atoms with Gasteiger partial charge in [0.05, 0.1) is 21.6 Å². The Morgan fingerprint density at radius 1 is 1.36 bits per heavy atom. The summed E-state index contributed by atoms with van der Waals surface area (Å²) in [6.07, 6.45) is 1.17. The van der Waals surface area contributed by atoms with Crippen molar-refractivity contribution in [3.05, 3.63) is 57.8 Å². The first-order chi connectivity index (χ1) is 10.4. The standard InChI is InChI=1S/C14H13N3O4S/c1-9-6-14(15-7-12(9)17(18)19)16-11-8-22(20,21)13-5-3-2-4-10(11)13/h2-7,11H,8H2,1H3,(H,15,16)/t11-/m1/s1. The fourth-order valence-electron chi connectivity index (χ4n) is 2.57. The highest BCUT2D eigenvalue weighted by Gasteiger charge is 2.34. The molecule has 0 saturated heterocycles. The maximum atomic E-state index is 12.1. The molecule has 8 heteroatoms. The first kappa shape index (κ1) is 14.5. The molecule has 114 valence electrons. The second-order valence-electron chi connectivity index (χ2n) is 5.13. The number of nitrogens with one attached hydrogen (secondary N) is 1. The topological polar surface area (TPSA) is 102 Å². The maximum Gasteiger partial charge on any atom is 0.290 e. The summed E-state index contributed by atoms with van der Waals surface area (Å²) in [5, 5.41) is 13.8. The van der Waals surface area contributed by atoms with Crippen LogP contribution < -0.4 is 5.32 Å². The van der Waals surface area contributed by atoms with Gasteiger partial charge in [0, 0.05) is 5.56 Å². The van der Waals surface area contributed by atoms with E-state index in [4.69, 9.17) is 0 Å². The van der Waals surface area contributed by atoms with E-state index in [1.165, 1.54) is 6.20 Å². The number of aromatic nitrogens is 1. The molecule has 22 heavy (non-hydrogen) atoms. The van der Waals surface area contributed by atoms with E-state index in [2.05, 4.69) is 10.3 Å². The monoisotopic (exact) mass is 319 g/mol.